The van der Waals surface area contributed by atoms with Crippen LogP contribution in [0.15, 0.2) is 29.0 Å². The van der Waals surface area contributed by atoms with Crippen LogP contribution >= 0.6 is 11.8 Å². The Morgan fingerprint density at radius 3 is 3.20 bits per heavy atom. The number of hydrogen-bond donors (Lipinski definition) is 1. The normalized spacial score (nSPS) is 22.2. The lowest BCUT2D eigenvalue weighted by Crippen LogP contribution is -2.34. The quantitative estimate of drug-likeness (QED) is 0.912. The van der Waals surface area contributed by atoms with E-state index < -0.39 is 0 Å². The first-order valence-electron chi connectivity index (χ1n) is 6.93. The van der Waals surface area contributed by atoms with Gasteiger partial charge in [-0.1, -0.05) is 12.1 Å². The van der Waals surface area contributed by atoms with E-state index in [1.165, 1.54) is 0 Å². The lowest BCUT2D eigenvalue weighted by atomic mass is 10.0. The maximum Gasteiger partial charge on any atom is 0.232 e. The van der Waals surface area contributed by atoms with Crippen molar-refractivity contribution in [2.75, 3.05) is 18.1 Å². The molecular formula is C14H18N4OS. The second kappa shape index (κ2) is 6.37. The Morgan fingerprint density at radius 2 is 2.40 bits per heavy atom. The third-order valence-corrected chi connectivity index (χ3v) is 4.61. The van der Waals surface area contributed by atoms with Crippen molar-refractivity contribution in [1.82, 2.24) is 20.4 Å². The SMILES string of the molecule is CCCNC1CSCC1c1nc(-c2cccnc2)no1. The second-order valence-electron chi connectivity index (χ2n) is 4.90. The van der Waals surface area contributed by atoms with Crippen molar-refractivity contribution in [3.8, 4) is 11.4 Å². The Morgan fingerprint density at radius 1 is 1.45 bits per heavy atom. The Labute approximate surface area is 122 Å². The minimum absolute atomic E-state index is 0.310. The molecule has 3 heterocycles. The smallest absolute Gasteiger partial charge is 0.232 e. The van der Waals surface area contributed by atoms with Crippen LogP contribution in [0.25, 0.3) is 11.4 Å². The predicted molar refractivity (Wildman–Crippen MR) is 79.7 cm³/mol. The number of nitrogens with zero attached hydrogens (tertiary/aromatic N) is 3. The molecule has 106 valence electrons. The van der Waals surface area contributed by atoms with Gasteiger partial charge in [-0.2, -0.15) is 16.7 Å². The minimum atomic E-state index is 0.310. The van der Waals surface area contributed by atoms with Crippen LogP contribution in [0.5, 0.6) is 0 Å². The third-order valence-electron chi connectivity index (χ3n) is 3.42. The molecule has 0 amide bonds. The molecule has 1 saturated heterocycles. The fourth-order valence-electron chi connectivity index (χ4n) is 2.33. The van der Waals surface area contributed by atoms with Crippen LogP contribution in [0.3, 0.4) is 0 Å². The van der Waals surface area contributed by atoms with Gasteiger partial charge in [-0.15, -0.1) is 0 Å². The summed E-state index contributed by atoms with van der Waals surface area (Å²) in [6.07, 6.45) is 4.63. The van der Waals surface area contributed by atoms with E-state index in [0.717, 1.165) is 35.9 Å². The second-order valence-corrected chi connectivity index (χ2v) is 5.98. The molecule has 2 atom stereocenters. The summed E-state index contributed by atoms with van der Waals surface area (Å²) in [5, 5.41) is 7.65. The molecule has 1 aliphatic rings. The third kappa shape index (κ3) is 2.86. The molecule has 0 aliphatic carbocycles. The highest BCUT2D eigenvalue weighted by Gasteiger charge is 2.33. The van der Waals surface area contributed by atoms with E-state index >= 15 is 0 Å². The van der Waals surface area contributed by atoms with E-state index in [2.05, 4.69) is 27.4 Å². The number of rotatable bonds is 5. The first-order valence-corrected chi connectivity index (χ1v) is 8.09. The van der Waals surface area contributed by atoms with E-state index in [1.807, 2.05) is 23.9 Å². The Hall–Kier alpha value is -1.40. The maximum absolute atomic E-state index is 5.47. The van der Waals surface area contributed by atoms with Crippen molar-refractivity contribution in [2.24, 2.45) is 0 Å². The standard InChI is InChI=1S/C14H18N4OS/c1-2-5-16-12-9-20-8-11(12)14-17-13(18-19-14)10-4-3-6-15-7-10/h3-4,6-7,11-12,16H,2,5,8-9H2,1H3. The molecule has 3 rings (SSSR count). The first-order chi connectivity index (χ1) is 9.88. The number of hydrogen-bond acceptors (Lipinski definition) is 6. The summed E-state index contributed by atoms with van der Waals surface area (Å²) in [5.41, 5.74) is 0.895. The number of pyridine rings is 1. The van der Waals surface area contributed by atoms with Gasteiger partial charge in [0.2, 0.25) is 11.7 Å². The van der Waals surface area contributed by atoms with Gasteiger partial charge in [0.1, 0.15) is 0 Å². The van der Waals surface area contributed by atoms with E-state index in [4.69, 9.17) is 4.52 Å². The highest BCUT2D eigenvalue weighted by Crippen LogP contribution is 2.32. The Kier molecular flexibility index (Phi) is 4.32. The van der Waals surface area contributed by atoms with Crippen LogP contribution in [0.2, 0.25) is 0 Å². The number of nitrogens with one attached hydrogen (secondary N) is 1. The summed E-state index contributed by atoms with van der Waals surface area (Å²) in [5.74, 6) is 3.82. The predicted octanol–water partition coefficient (Wildman–Crippen LogP) is 2.33. The van der Waals surface area contributed by atoms with Gasteiger partial charge < -0.3 is 9.84 Å². The van der Waals surface area contributed by atoms with Crippen LogP contribution in [-0.2, 0) is 0 Å². The highest BCUT2D eigenvalue weighted by atomic mass is 32.2. The molecule has 5 nitrogen and oxygen atoms in total. The van der Waals surface area contributed by atoms with Crippen molar-refractivity contribution in [2.45, 2.75) is 25.3 Å². The molecule has 0 radical (unpaired) electrons. The Balaban J connectivity index is 1.76. The molecular weight excluding hydrogens is 272 g/mol. The van der Waals surface area contributed by atoms with E-state index in [-0.39, 0.29) is 0 Å². The fraction of sp³-hybridized carbons (Fsp3) is 0.500. The summed E-state index contributed by atoms with van der Waals surface area (Å²) in [6, 6.07) is 4.25. The van der Waals surface area contributed by atoms with Crippen LogP contribution in [0.1, 0.15) is 25.2 Å². The number of thioether (sulfide) groups is 1. The van der Waals surface area contributed by atoms with Gasteiger partial charge in [-0.25, -0.2) is 0 Å². The van der Waals surface area contributed by atoms with Gasteiger partial charge >= 0.3 is 0 Å². The molecule has 0 saturated carbocycles. The van der Waals surface area contributed by atoms with Crippen molar-refractivity contribution in [3.63, 3.8) is 0 Å². The largest absolute Gasteiger partial charge is 0.339 e. The van der Waals surface area contributed by atoms with E-state index in [1.54, 1.807) is 12.4 Å². The van der Waals surface area contributed by atoms with Gasteiger partial charge in [0.25, 0.3) is 0 Å². The lowest BCUT2D eigenvalue weighted by Gasteiger charge is -2.16. The molecule has 2 unspecified atom stereocenters. The lowest BCUT2D eigenvalue weighted by molar-refractivity contribution is 0.339. The van der Waals surface area contributed by atoms with Crippen molar-refractivity contribution in [1.29, 1.82) is 0 Å². The van der Waals surface area contributed by atoms with Gasteiger partial charge in [0.05, 0.1) is 5.92 Å². The Bertz CT molecular complexity index is 545. The minimum Gasteiger partial charge on any atom is -0.339 e. The summed E-state index contributed by atoms with van der Waals surface area (Å²) < 4.78 is 5.47. The number of aromatic nitrogens is 3. The van der Waals surface area contributed by atoms with E-state index in [0.29, 0.717) is 17.8 Å². The van der Waals surface area contributed by atoms with Crippen molar-refractivity contribution < 1.29 is 4.52 Å². The van der Waals surface area contributed by atoms with E-state index in [9.17, 15) is 0 Å². The van der Waals surface area contributed by atoms with Crippen molar-refractivity contribution in [3.05, 3.63) is 30.4 Å². The monoisotopic (exact) mass is 290 g/mol. The molecule has 0 aromatic carbocycles. The zero-order chi connectivity index (χ0) is 13.8. The van der Waals surface area contributed by atoms with Gasteiger partial charge in [-0.3, -0.25) is 4.98 Å². The molecule has 1 aliphatic heterocycles. The van der Waals surface area contributed by atoms with Crippen molar-refractivity contribution >= 4 is 11.8 Å². The molecule has 1 fully saturated rings. The highest BCUT2D eigenvalue weighted by molar-refractivity contribution is 7.99. The van der Waals surface area contributed by atoms with Crippen LogP contribution < -0.4 is 5.32 Å². The molecule has 2 aromatic heterocycles. The maximum atomic E-state index is 5.47. The summed E-state index contributed by atoms with van der Waals surface area (Å²) >= 11 is 1.94. The van der Waals surface area contributed by atoms with Crippen LogP contribution in [0.4, 0.5) is 0 Å². The molecule has 0 spiro atoms. The summed E-state index contributed by atoms with van der Waals surface area (Å²) in [6.45, 7) is 3.21. The zero-order valence-corrected chi connectivity index (χ0v) is 12.3. The molecule has 6 heteroatoms. The average Bonchev–Trinajstić information content (AvgIpc) is 3.14. The van der Waals surface area contributed by atoms with Crippen LogP contribution in [-0.4, -0.2) is 39.2 Å². The molecule has 0 bridgehead atoms. The zero-order valence-electron chi connectivity index (χ0n) is 11.5. The fourth-order valence-corrected chi connectivity index (χ4v) is 3.70. The average molecular weight is 290 g/mol. The van der Waals surface area contributed by atoms with Gasteiger partial charge in [0.15, 0.2) is 0 Å². The first kappa shape index (κ1) is 13.6. The molecule has 2 aromatic rings. The summed E-state index contributed by atoms with van der Waals surface area (Å²) in [4.78, 5) is 8.63. The van der Waals surface area contributed by atoms with Gasteiger partial charge in [0, 0.05) is 35.5 Å². The summed E-state index contributed by atoms with van der Waals surface area (Å²) in [7, 11) is 0. The van der Waals surface area contributed by atoms with Crippen LogP contribution in [0, 0.1) is 0 Å². The van der Waals surface area contributed by atoms with Gasteiger partial charge in [-0.05, 0) is 25.1 Å². The topological polar surface area (TPSA) is 63.8 Å². The molecule has 1 N–H and O–H groups in total. The molecule has 20 heavy (non-hydrogen) atoms.